The van der Waals surface area contributed by atoms with Crippen LogP contribution in [0, 0.1) is 0 Å². The lowest BCUT2D eigenvalue weighted by Gasteiger charge is -2.19. The molecular weight excluding hydrogens is 224 g/mol. The van der Waals surface area contributed by atoms with Gasteiger partial charge < -0.3 is 13.6 Å². The maximum absolute atomic E-state index is 10.8. The summed E-state index contributed by atoms with van der Waals surface area (Å²) in [6.07, 6.45) is 1.93. The number of esters is 1. The Kier molecular flexibility index (Phi) is 9.17. The van der Waals surface area contributed by atoms with Crippen molar-refractivity contribution >= 4 is 15.3 Å². The highest BCUT2D eigenvalue weighted by Crippen LogP contribution is 2.16. The average molecular weight is 245 g/mol. The van der Waals surface area contributed by atoms with E-state index in [0.717, 1.165) is 6.42 Å². The third-order valence-electron chi connectivity index (χ3n) is 1.94. The second-order valence-electron chi connectivity index (χ2n) is 3.25. The third-order valence-corrected chi connectivity index (χ3v) is 4.18. The molecular formula is C11H21O4Si. The summed E-state index contributed by atoms with van der Waals surface area (Å²) in [6.45, 7) is 11.0. The van der Waals surface area contributed by atoms with E-state index in [2.05, 4.69) is 13.5 Å². The number of hydrogen-bond donors (Lipinski definition) is 0. The van der Waals surface area contributed by atoms with Gasteiger partial charge in [0.25, 0.3) is 0 Å². The Morgan fingerprint density at radius 3 is 2.38 bits per heavy atom. The molecule has 0 aliphatic rings. The summed E-state index contributed by atoms with van der Waals surface area (Å²) >= 11 is 0. The first kappa shape index (κ1) is 15.3. The predicted octanol–water partition coefficient (Wildman–Crippen LogP) is 2.06. The minimum absolute atomic E-state index is 0.294. The lowest BCUT2D eigenvalue weighted by molar-refractivity contribution is -0.137. The highest BCUT2D eigenvalue weighted by atomic mass is 28.3. The summed E-state index contributed by atoms with van der Waals surface area (Å²) in [5, 5.41) is 0. The molecule has 0 aromatic heterocycles. The predicted molar refractivity (Wildman–Crippen MR) is 64.2 cm³/mol. The van der Waals surface area contributed by atoms with Crippen LogP contribution >= 0.6 is 0 Å². The largest absolute Gasteiger partial charge is 0.463 e. The van der Waals surface area contributed by atoms with E-state index in [9.17, 15) is 4.79 Å². The van der Waals surface area contributed by atoms with Crippen LogP contribution in [0.1, 0.15) is 27.2 Å². The van der Waals surface area contributed by atoms with Crippen molar-refractivity contribution in [1.82, 2.24) is 0 Å². The molecule has 93 valence electrons. The summed E-state index contributed by atoms with van der Waals surface area (Å²) in [5.74, 6) is -0.381. The van der Waals surface area contributed by atoms with Gasteiger partial charge in [0.2, 0.25) is 0 Å². The molecule has 5 heteroatoms. The summed E-state index contributed by atoms with van der Waals surface area (Å²) < 4.78 is 16.0. The number of carbonyl (C=O) groups excluding carboxylic acids is 1. The van der Waals surface area contributed by atoms with Gasteiger partial charge in [-0.15, -0.1) is 0 Å². The first-order valence-corrected chi connectivity index (χ1v) is 6.96. The Balaban J connectivity index is 3.85. The molecule has 1 atom stereocenters. The van der Waals surface area contributed by atoms with Gasteiger partial charge in [-0.1, -0.05) is 13.5 Å². The smallest absolute Gasteiger partial charge is 0.387 e. The molecule has 0 heterocycles. The van der Waals surface area contributed by atoms with Crippen molar-refractivity contribution in [3.8, 4) is 0 Å². The Labute approximate surface area is 99.4 Å². The Morgan fingerprint density at radius 2 is 1.94 bits per heavy atom. The van der Waals surface area contributed by atoms with E-state index in [1.165, 1.54) is 6.08 Å². The molecule has 1 unspecified atom stereocenters. The second-order valence-corrected chi connectivity index (χ2v) is 5.45. The van der Waals surface area contributed by atoms with Crippen LogP contribution < -0.4 is 0 Å². The molecule has 0 saturated carbocycles. The quantitative estimate of drug-likeness (QED) is 0.354. The van der Waals surface area contributed by atoms with E-state index in [1.54, 1.807) is 0 Å². The lowest BCUT2D eigenvalue weighted by Crippen LogP contribution is -2.28. The highest BCUT2D eigenvalue weighted by Gasteiger charge is 2.23. The van der Waals surface area contributed by atoms with Crippen LogP contribution in [0.15, 0.2) is 12.7 Å². The van der Waals surface area contributed by atoms with E-state index < -0.39 is 9.28 Å². The van der Waals surface area contributed by atoms with E-state index in [4.69, 9.17) is 13.6 Å². The van der Waals surface area contributed by atoms with Gasteiger partial charge >= 0.3 is 15.3 Å². The first-order chi connectivity index (χ1) is 7.65. The van der Waals surface area contributed by atoms with Crippen LogP contribution in [0.5, 0.6) is 0 Å². The van der Waals surface area contributed by atoms with Gasteiger partial charge in [-0.25, -0.2) is 4.79 Å². The molecule has 0 aromatic rings. The average Bonchev–Trinajstić information content (AvgIpc) is 2.28. The summed E-state index contributed by atoms with van der Waals surface area (Å²) in [5.41, 5.74) is 0.294. The molecule has 1 radical (unpaired) electrons. The second kappa shape index (κ2) is 9.56. The maximum Gasteiger partial charge on any atom is 0.387 e. The first-order valence-electron chi connectivity index (χ1n) is 5.57. The highest BCUT2D eigenvalue weighted by molar-refractivity contribution is 6.46. The fourth-order valence-electron chi connectivity index (χ4n) is 1.12. The zero-order chi connectivity index (χ0) is 12.4. The molecule has 0 aromatic carbocycles. The van der Waals surface area contributed by atoms with E-state index >= 15 is 0 Å². The van der Waals surface area contributed by atoms with Crippen molar-refractivity contribution in [3.05, 3.63) is 12.7 Å². The van der Waals surface area contributed by atoms with Crippen LogP contribution in [0.25, 0.3) is 0 Å². The molecule has 0 rings (SSSR count). The standard InChI is InChI=1S/C11H21O4Si/c1-5-11(12)13-9-8-10(4)16(14-6-2)15-7-3/h5,10H,1,6-9H2,2-4H3. The summed E-state index contributed by atoms with van der Waals surface area (Å²) in [6, 6.07) is 0. The van der Waals surface area contributed by atoms with Crippen molar-refractivity contribution in [3.63, 3.8) is 0 Å². The van der Waals surface area contributed by atoms with Crippen molar-refractivity contribution in [2.45, 2.75) is 32.7 Å². The number of ether oxygens (including phenoxy) is 1. The number of hydrogen-bond acceptors (Lipinski definition) is 4. The molecule has 4 nitrogen and oxygen atoms in total. The molecule has 0 bridgehead atoms. The number of rotatable bonds is 9. The Morgan fingerprint density at radius 1 is 1.38 bits per heavy atom. The van der Waals surface area contributed by atoms with Gasteiger partial charge in [0, 0.05) is 24.8 Å². The molecule has 16 heavy (non-hydrogen) atoms. The van der Waals surface area contributed by atoms with Crippen LogP contribution in [-0.4, -0.2) is 35.1 Å². The van der Waals surface area contributed by atoms with Gasteiger partial charge in [0.15, 0.2) is 0 Å². The third kappa shape index (κ3) is 6.76. The van der Waals surface area contributed by atoms with E-state index in [0.29, 0.717) is 25.4 Å². The zero-order valence-electron chi connectivity index (χ0n) is 10.3. The fourth-order valence-corrected chi connectivity index (χ4v) is 2.70. The minimum atomic E-state index is -1.25. The Hall–Kier alpha value is -0.653. The van der Waals surface area contributed by atoms with Crippen LogP contribution in [0.2, 0.25) is 5.54 Å². The topological polar surface area (TPSA) is 44.8 Å². The molecule has 0 fully saturated rings. The summed E-state index contributed by atoms with van der Waals surface area (Å²) in [4.78, 5) is 10.8. The normalized spacial score (nSPS) is 12.5. The fraction of sp³-hybridized carbons (Fsp3) is 0.727. The van der Waals surface area contributed by atoms with Gasteiger partial charge in [0.1, 0.15) is 0 Å². The monoisotopic (exact) mass is 245 g/mol. The molecule has 0 aliphatic carbocycles. The molecule has 0 amide bonds. The SMILES string of the molecule is C=CC(=O)OCCC(C)[Si](OCC)OCC. The summed E-state index contributed by atoms with van der Waals surface area (Å²) in [7, 11) is -1.25. The molecule has 0 aliphatic heterocycles. The minimum Gasteiger partial charge on any atom is -0.463 e. The Bertz CT molecular complexity index is 202. The van der Waals surface area contributed by atoms with Gasteiger partial charge in [-0.05, 0) is 20.3 Å². The molecule has 0 spiro atoms. The van der Waals surface area contributed by atoms with Gasteiger partial charge in [-0.3, -0.25) is 0 Å². The number of carbonyl (C=O) groups is 1. The van der Waals surface area contributed by atoms with E-state index in [-0.39, 0.29) is 5.97 Å². The van der Waals surface area contributed by atoms with Crippen LogP contribution in [0.3, 0.4) is 0 Å². The van der Waals surface area contributed by atoms with Gasteiger partial charge in [-0.2, -0.15) is 0 Å². The van der Waals surface area contributed by atoms with E-state index in [1.807, 2.05) is 13.8 Å². The molecule has 0 N–H and O–H groups in total. The van der Waals surface area contributed by atoms with Crippen LogP contribution in [-0.2, 0) is 18.4 Å². The van der Waals surface area contributed by atoms with Crippen molar-refractivity contribution in [2.75, 3.05) is 19.8 Å². The van der Waals surface area contributed by atoms with Crippen LogP contribution in [0.4, 0.5) is 0 Å². The molecule has 0 saturated heterocycles. The lowest BCUT2D eigenvalue weighted by atomic mass is 10.3. The van der Waals surface area contributed by atoms with Crippen molar-refractivity contribution in [1.29, 1.82) is 0 Å². The van der Waals surface area contributed by atoms with Crippen molar-refractivity contribution in [2.24, 2.45) is 0 Å². The van der Waals surface area contributed by atoms with Crippen molar-refractivity contribution < 1.29 is 18.4 Å². The zero-order valence-corrected chi connectivity index (χ0v) is 11.3. The maximum atomic E-state index is 10.8. The van der Waals surface area contributed by atoms with Gasteiger partial charge in [0.05, 0.1) is 6.61 Å².